The van der Waals surface area contributed by atoms with Gasteiger partial charge >= 0.3 is 5.97 Å². The van der Waals surface area contributed by atoms with Gasteiger partial charge in [0.05, 0.1) is 13.2 Å². The van der Waals surface area contributed by atoms with Crippen LogP contribution in [0.5, 0.6) is 0 Å². The first-order valence-electron chi connectivity index (χ1n) is 6.52. The van der Waals surface area contributed by atoms with Crippen LogP contribution in [0.25, 0.3) is 0 Å². The second-order valence-electron chi connectivity index (χ2n) is 4.39. The number of hydrogen-bond acceptors (Lipinski definition) is 3. The molecular weight excluding hydrogens is 220 g/mol. The van der Waals surface area contributed by atoms with Crippen molar-refractivity contribution in [1.82, 2.24) is 0 Å². The van der Waals surface area contributed by atoms with E-state index in [1.807, 2.05) is 6.92 Å². The minimum atomic E-state index is -1.06. The third kappa shape index (κ3) is 7.34. The van der Waals surface area contributed by atoms with Crippen molar-refractivity contribution < 1.29 is 19.4 Å². The normalized spacial score (nSPS) is 14.5. The average Bonchev–Trinajstić information content (AvgIpc) is 2.30. The Morgan fingerprint density at radius 3 is 2.41 bits per heavy atom. The summed E-state index contributed by atoms with van der Waals surface area (Å²) < 4.78 is 10.6. The van der Waals surface area contributed by atoms with E-state index in [4.69, 9.17) is 9.47 Å². The SMILES string of the molecule is CCCCCCC(C)(OCCOCC)C(=O)O. The third-order valence-electron chi connectivity index (χ3n) is 2.81. The molecule has 102 valence electrons. The summed E-state index contributed by atoms with van der Waals surface area (Å²) in [5.74, 6) is -0.884. The van der Waals surface area contributed by atoms with E-state index in [2.05, 4.69) is 6.92 Å². The van der Waals surface area contributed by atoms with Gasteiger partial charge in [-0.2, -0.15) is 0 Å². The molecule has 0 amide bonds. The van der Waals surface area contributed by atoms with Crippen LogP contribution < -0.4 is 0 Å². The highest BCUT2D eigenvalue weighted by molar-refractivity contribution is 5.76. The summed E-state index contributed by atoms with van der Waals surface area (Å²) in [5, 5.41) is 9.18. The molecule has 0 fully saturated rings. The molecule has 0 aromatic rings. The number of carbonyl (C=O) groups is 1. The van der Waals surface area contributed by atoms with Crippen LogP contribution in [0.2, 0.25) is 0 Å². The summed E-state index contributed by atoms with van der Waals surface area (Å²) in [6.45, 7) is 7.10. The van der Waals surface area contributed by atoms with E-state index in [1.54, 1.807) is 6.92 Å². The van der Waals surface area contributed by atoms with E-state index in [1.165, 1.54) is 0 Å². The molecule has 0 saturated heterocycles. The van der Waals surface area contributed by atoms with E-state index >= 15 is 0 Å². The van der Waals surface area contributed by atoms with Crippen molar-refractivity contribution >= 4 is 5.97 Å². The van der Waals surface area contributed by atoms with Gasteiger partial charge in [0.2, 0.25) is 0 Å². The molecule has 0 bridgehead atoms. The van der Waals surface area contributed by atoms with E-state index in [9.17, 15) is 9.90 Å². The Kier molecular flexibility index (Phi) is 9.09. The third-order valence-corrected chi connectivity index (χ3v) is 2.81. The minimum absolute atomic E-state index is 0.338. The highest BCUT2D eigenvalue weighted by Crippen LogP contribution is 2.20. The summed E-state index contributed by atoms with van der Waals surface area (Å²) in [6.07, 6.45) is 4.82. The van der Waals surface area contributed by atoms with Crippen LogP contribution >= 0.6 is 0 Å². The molecule has 0 saturated carbocycles. The van der Waals surface area contributed by atoms with Gasteiger partial charge < -0.3 is 14.6 Å². The molecule has 0 aliphatic heterocycles. The Morgan fingerprint density at radius 2 is 1.88 bits per heavy atom. The zero-order valence-corrected chi connectivity index (χ0v) is 11.3. The lowest BCUT2D eigenvalue weighted by Gasteiger charge is -2.25. The van der Waals surface area contributed by atoms with Gasteiger partial charge in [0, 0.05) is 6.61 Å². The molecule has 0 aromatic heterocycles. The maximum Gasteiger partial charge on any atom is 0.335 e. The van der Waals surface area contributed by atoms with E-state index < -0.39 is 11.6 Å². The van der Waals surface area contributed by atoms with Gasteiger partial charge in [-0.15, -0.1) is 0 Å². The van der Waals surface area contributed by atoms with Crippen molar-refractivity contribution in [2.75, 3.05) is 19.8 Å². The van der Waals surface area contributed by atoms with Crippen LogP contribution in [0.1, 0.15) is 52.9 Å². The van der Waals surface area contributed by atoms with Crippen LogP contribution in [0.15, 0.2) is 0 Å². The van der Waals surface area contributed by atoms with Crippen LogP contribution in [0.4, 0.5) is 0 Å². The molecule has 0 aromatic carbocycles. The van der Waals surface area contributed by atoms with Crippen molar-refractivity contribution in [3.05, 3.63) is 0 Å². The highest BCUT2D eigenvalue weighted by Gasteiger charge is 2.33. The predicted molar refractivity (Wildman–Crippen MR) is 67.2 cm³/mol. The molecule has 4 nitrogen and oxygen atoms in total. The van der Waals surface area contributed by atoms with E-state index in [-0.39, 0.29) is 0 Å². The van der Waals surface area contributed by atoms with Crippen LogP contribution in [0.3, 0.4) is 0 Å². The van der Waals surface area contributed by atoms with Crippen molar-refractivity contribution in [1.29, 1.82) is 0 Å². The fourth-order valence-corrected chi connectivity index (χ4v) is 1.60. The first-order valence-corrected chi connectivity index (χ1v) is 6.52. The molecule has 1 N–H and O–H groups in total. The van der Waals surface area contributed by atoms with Gasteiger partial charge in [-0.05, 0) is 26.7 Å². The Bertz CT molecular complexity index is 192. The Balaban J connectivity index is 3.94. The molecule has 17 heavy (non-hydrogen) atoms. The van der Waals surface area contributed by atoms with E-state index in [0.29, 0.717) is 26.2 Å². The summed E-state index contributed by atoms with van der Waals surface area (Å²) in [5.41, 5.74) is -1.06. The summed E-state index contributed by atoms with van der Waals surface area (Å²) in [6, 6.07) is 0. The lowest BCUT2D eigenvalue weighted by molar-refractivity contribution is -0.166. The largest absolute Gasteiger partial charge is 0.479 e. The Labute approximate surface area is 104 Å². The molecule has 0 spiro atoms. The first kappa shape index (κ1) is 16.4. The fraction of sp³-hybridized carbons (Fsp3) is 0.923. The zero-order chi connectivity index (χ0) is 13.1. The van der Waals surface area contributed by atoms with Gasteiger partial charge in [-0.25, -0.2) is 4.79 Å². The van der Waals surface area contributed by atoms with Gasteiger partial charge in [0.25, 0.3) is 0 Å². The van der Waals surface area contributed by atoms with Gasteiger partial charge in [0.1, 0.15) is 0 Å². The second-order valence-corrected chi connectivity index (χ2v) is 4.39. The Morgan fingerprint density at radius 1 is 1.18 bits per heavy atom. The lowest BCUT2D eigenvalue weighted by Crippen LogP contribution is -2.39. The van der Waals surface area contributed by atoms with Gasteiger partial charge in [-0.1, -0.05) is 26.2 Å². The first-order chi connectivity index (χ1) is 8.06. The summed E-state index contributed by atoms with van der Waals surface area (Å²) in [7, 11) is 0. The van der Waals surface area contributed by atoms with Crippen molar-refractivity contribution in [3.8, 4) is 0 Å². The summed E-state index contributed by atoms with van der Waals surface area (Å²) >= 11 is 0. The number of aliphatic carboxylic acids is 1. The highest BCUT2D eigenvalue weighted by atomic mass is 16.6. The average molecular weight is 246 g/mol. The molecule has 0 aliphatic rings. The standard InChI is InChI=1S/C13H26O4/c1-4-6-7-8-9-13(3,12(14)15)17-11-10-16-5-2/h4-11H2,1-3H3,(H,14,15). The van der Waals surface area contributed by atoms with Crippen LogP contribution in [-0.4, -0.2) is 36.5 Å². The maximum atomic E-state index is 11.2. The smallest absolute Gasteiger partial charge is 0.335 e. The molecule has 1 atom stereocenters. The maximum absolute atomic E-state index is 11.2. The fourth-order valence-electron chi connectivity index (χ4n) is 1.60. The molecule has 4 heteroatoms. The number of carboxylic acids is 1. The molecule has 0 radical (unpaired) electrons. The van der Waals surface area contributed by atoms with Crippen LogP contribution in [-0.2, 0) is 14.3 Å². The topological polar surface area (TPSA) is 55.8 Å². The number of ether oxygens (including phenoxy) is 2. The molecule has 0 rings (SSSR count). The number of hydrogen-bond donors (Lipinski definition) is 1. The molecule has 0 heterocycles. The molecule has 0 aliphatic carbocycles. The van der Waals surface area contributed by atoms with Crippen molar-refractivity contribution in [2.24, 2.45) is 0 Å². The lowest BCUT2D eigenvalue weighted by atomic mass is 9.98. The molecule has 1 unspecified atom stereocenters. The predicted octanol–water partition coefficient (Wildman–Crippen LogP) is 2.85. The summed E-state index contributed by atoms with van der Waals surface area (Å²) in [4.78, 5) is 11.2. The number of carboxylic acid groups (broad SMARTS) is 1. The quantitative estimate of drug-likeness (QED) is 0.569. The zero-order valence-electron chi connectivity index (χ0n) is 11.3. The Hall–Kier alpha value is -0.610. The monoisotopic (exact) mass is 246 g/mol. The number of rotatable bonds is 11. The van der Waals surface area contributed by atoms with Crippen molar-refractivity contribution in [2.45, 2.75) is 58.5 Å². The molecular formula is C13H26O4. The van der Waals surface area contributed by atoms with Gasteiger partial charge in [-0.3, -0.25) is 0 Å². The minimum Gasteiger partial charge on any atom is -0.479 e. The number of unbranched alkanes of at least 4 members (excludes halogenated alkanes) is 3. The van der Waals surface area contributed by atoms with Gasteiger partial charge in [0.15, 0.2) is 5.60 Å². The van der Waals surface area contributed by atoms with Crippen LogP contribution in [0, 0.1) is 0 Å². The van der Waals surface area contributed by atoms with E-state index in [0.717, 1.165) is 25.7 Å². The van der Waals surface area contributed by atoms with Crippen molar-refractivity contribution in [3.63, 3.8) is 0 Å². The second kappa shape index (κ2) is 9.42.